The largest absolute Gasteiger partial charge is 0.431 e. The summed E-state index contributed by atoms with van der Waals surface area (Å²) in [4.78, 5) is 15.6. The highest BCUT2D eigenvalue weighted by atomic mass is 16.6. The second-order valence-electron chi connectivity index (χ2n) is 9.69. The van der Waals surface area contributed by atoms with E-state index in [9.17, 15) is 4.79 Å². The number of piperidine rings is 1. The summed E-state index contributed by atoms with van der Waals surface area (Å²) in [5.41, 5.74) is 4.28. The average Bonchev–Trinajstić information content (AvgIpc) is 3.32. The second-order valence-corrected chi connectivity index (χ2v) is 9.69. The Morgan fingerprint density at radius 2 is 1.69 bits per heavy atom. The molecule has 0 aromatic heterocycles. The van der Waals surface area contributed by atoms with Crippen molar-refractivity contribution in [1.29, 1.82) is 0 Å². The van der Waals surface area contributed by atoms with Gasteiger partial charge in [-0.1, -0.05) is 67.1 Å². The fourth-order valence-electron chi connectivity index (χ4n) is 7.11. The minimum Gasteiger partial charge on any atom is -0.431 e. The van der Waals surface area contributed by atoms with Crippen LogP contribution in [-0.2, 0) is 10.5 Å². The van der Waals surface area contributed by atoms with Crippen molar-refractivity contribution in [3.8, 4) is 0 Å². The molecule has 1 aliphatic carbocycles. The highest BCUT2D eigenvalue weighted by molar-refractivity contribution is 5.96. The first kappa shape index (κ1) is 18.3. The molecule has 1 saturated carbocycles. The minimum atomic E-state index is -0.804. The van der Waals surface area contributed by atoms with Crippen molar-refractivity contribution in [3.05, 3.63) is 95.6 Å². The summed E-state index contributed by atoms with van der Waals surface area (Å²) in [5.74, 6) is 0.526. The van der Waals surface area contributed by atoms with E-state index in [0.29, 0.717) is 17.4 Å². The van der Waals surface area contributed by atoms with Crippen LogP contribution < -0.4 is 10.2 Å². The molecule has 2 spiro atoms. The van der Waals surface area contributed by atoms with Crippen molar-refractivity contribution >= 4 is 17.3 Å². The molecule has 3 heterocycles. The highest BCUT2D eigenvalue weighted by Crippen LogP contribution is 2.65. The van der Waals surface area contributed by atoms with Crippen LogP contribution in [0.25, 0.3) is 0 Å². The third-order valence-electron chi connectivity index (χ3n) is 8.23. The van der Waals surface area contributed by atoms with Gasteiger partial charge in [-0.15, -0.1) is 0 Å². The summed E-state index contributed by atoms with van der Waals surface area (Å²) >= 11 is 0. The van der Waals surface area contributed by atoms with E-state index in [0.717, 1.165) is 29.8 Å². The van der Waals surface area contributed by atoms with Gasteiger partial charge in [-0.3, -0.25) is 0 Å². The molecule has 32 heavy (non-hydrogen) atoms. The lowest BCUT2D eigenvalue weighted by atomic mass is 9.62. The van der Waals surface area contributed by atoms with Crippen LogP contribution in [0.4, 0.5) is 11.4 Å². The molecule has 4 aliphatic rings. The van der Waals surface area contributed by atoms with Crippen molar-refractivity contribution in [1.82, 2.24) is 0 Å². The molecule has 3 aromatic rings. The van der Waals surface area contributed by atoms with E-state index < -0.39 is 5.72 Å². The molecule has 160 valence electrons. The van der Waals surface area contributed by atoms with Crippen molar-refractivity contribution < 1.29 is 9.53 Å². The predicted octanol–water partition coefficient (Wildman–Crippen LogP) is 6.02. The van der Waals surface area contributed by atoms with Gasteiger partial charge >= 0.3 is 5.97 Å². The Balaban J connectivity index is 1.52. The minimum absolute atomic E-state index is 0.207. The van der Waals surface area contributed by atoms with Crippen LogP contribution in [0.15, 0.2) is 78.9 Å². The van der Waals surface area contributed by atoms with Crippen LogP contribution in [0.1, 0.15) is 59.5 Å². The molecule has 0 bridgehead atoms. The number of nitrogens with zero attached hydrogens (tertiary/aromatic N) is 1. The summed E-state index contributed by atoms with van der Waals surface area (Å²) in [6, 6.07) is 27.4. The fourth-order valence-corrected chi connectivity index (χ4v) is 7.11. The predicted molar refractivity (Wildman–Crippen MR) is 125 cm³/mol. The number of ether oxygens (including phenoxy) is 1. The van der Waals surface area contributed by atoms with Gasteiger partial charge in [-0.05, 0) is 48.9 Å². The van der Waals surface area contributed by atoms with Crippen molar-refractivity contribution in [2.24, 2.45) is 5.92 Å². The van der Waals surface area contributed by atoms with Gasteiger partial charge < -0.3 is 15.0 Å². The zero-order valence-electron chi connectivity index (χ0n) is 18.0. The van der Waals surface area contributed by atoms with E-state index in [4.69, 9.17) is 4.74 Å². The summed E-state index contributed by atoms with van der Waals surface area (Å²) < 4.78 is 6.47. The second kappa shape index (κ2) is 6.38. The molecule has 3 aliphatic heterocycles. The molecule has 2 fully saturated rings. The molecular formula is C28H26N2O2. The highest BCUT2D eigenvalue weighted by Gasteiger charge is 2.67. The lowest BCUT2D eigenvalue weighted by Gasteiger charge is -2.61. The first-order chi connectivity index (χ1) is 15.7. The third-order valence-corrected chi connectivity index (χ3v) is 8.23. The molecule has 1 N–H and O–H groups in total. The van der Waals surface area contributed by atoms with E-state index in [2.05, 4.69) is 70.9 Å². The number of anilines is 2. The SMILES string of the molecule is O=C1O[C@]2(C[C@H](c3ccccc3)[C@H]3CCCC[C@@]34Nc3ccccc3N24)c2ccccc21. The number of rotatable bonds is 1. The van der Waals surface area contributed by atoms with Crippen LogP contribution in [0.5, 0.6) is 0 Å². The number of hydrogen-bond acceptors (Lipinski definition) is 4. The number of hydrogen-bond donors (Lipinski definition) is 1. The number of para-hydroxylation sites is 2. The summed E-state index contributed by atoms with van der Waals surface area (Å²) in [6.45, 7) is 0. The summed E-state index contributed by atoms with van der Waals surface area (Å²) in [6.07, 6.45) is 5.38. The molecule has 0 radical (unpaired) electrons. The zero-order chi connectivity index (χ0) is 21.3. The van der Waals surface area contributed by atoms with Gasteiger partial charge in [0.1, 0.15) is 5.66 Å². The zero-order valence-corrected chi connectivity index (χ0v) is 18.0. The van der Waals surface area contributed by atoms with Crippen molar-refractivity contribution in [2.75, 3.05) is 10.2 Å². The molecule has 0 unspecified atom stereocenters. The quantitative estimate of drug-likeness (QED) is 0.487. The topological polar surface area (TPSA) is 41.6 Å². The number of esters is 1. The lowest BCUT2D eigenvalue weighted by molar-refractivity contribution is -0.0663. The van der Waals surface area contributed by atoms with E-state index >= 15 is 0 Å². The molecule has 4 nitrogen and oxygen atoms in total. The third kappa shape index (κ3) is 2.20. The van der Waals surface area contributed by atoms with Crippen molar-refractivity contribution in [2.45, 2.75) is 49.4 Å². The number of nitrogens with one attached hydrogen (secondary N) is 1. The Hall–Kier alpha value is -3.27. The number of carbonyl (C=O) groups excluding carboxylic acids is 1. The maximum Gasteiger partial charge on any atom is 0.341 e. The molecule has 1 saturated heterocycles. The molecule has 7 rings (SSSR count). The Kier molecular flexibility index (Phi) is 3.65. The van der Waals surface area contributed by atoms with Crippen LogP contribution in [0.2, 0.25) is 0 Å². The maximum absolute atomic E-state index is 13.2. The van der Waals surface area contributed by atoms with Crippen molar-refractivity contribution in [3.63, 3.8) is 0 Å². The molecule has 0 amide bonds. The molecule has 4 heteroatoms. The van der Waals surface area contributed by atoms with E-state index in [1.54, 1.807) is 0 Å². The Bertz CT molecular complexity index is 1220. The number of carbonyl (C=O) groups is 1. The van der Waals surface area contributed by atoms with Gasteiger partial charge in [0.25, 0.3) is 0 Å². The maximum atomic E-state index is 13.2. The van der Waals surface area contributed by atoms with Gasteiger partial charge in [0.15, 0.2) is 0 Å². The normalized spacial score (nSPS) is 31.9. The average molecular weight is 423 g/mol. The van der Waals surface area contributed by atoms with Crippen LogP contribution >= 0.6 is 0 Å². The first-order valence-electron chi connectivity index (χ1n) is 11.8. The molecule has 4 atom stereocenters. The Labute approximate surface area is 188 Å². The van der Waals surface area contributed by atoms with Gasteiger partial charge in [-0.25, -0.2) is 4.79 Å². The van der Waals surface area contributed by atoms with Gasteiger partial charge in [-0.2, -0.15) is 0 Å². The fraction of sp³-hybridized carbons (Fsp3) is 0.321. The van der Waals surface area contributed by atoms with Gasteiger partial charge in [0.2, 0.25) is 5.72 Å². The Morgan fingerprint density at radius 3 is 2.59 bits per heavy atom. The monoisotopic (exact) mass is 422 g/mol. The van der Waals surface area contributed by atoms with Gasteiger partial charge in [0.05, 0.1) is 16.9 Å². The van der Waals surface area contributed by atoms with Gasteiger partial charge in [0, 0.05) is 17.9 Å². The molecular weight excluding hydrogens is 396 g/mol. The summed E-state index contributed by atoms with van der Waals surface area (Å²) in [5, 5.41) is 3.98. The summed E-state index contributed by atoms with van der Waals surface area (Å²) in [7, 11) is 0. The van der Waals surface area contributed by atoms with Crippen LogP contribution in [0, 0.1) is 5.92 Å². The molecule has 3 aromatic carbocycles. The van der Waals surface area contributed by atoms with E-state index in [1.165, 1.54) is 24.8 Å². The van der Waals surface area contributed by atoms with Crippen LogP contribution in [0.3, 0.4) is 0 Å². The van der Waals surface area contributed by atoms with E-state index in [-0.39, 0.29) is 11.6 Å². The number of benzene rings is 3. The van der Waals surface area contributed by atoms with Crippen LogP contribution in [-0.4, -0.2) is 11.6 Å². The van der Waals surface area contributed by atoms with E-state index in [1.807, 2.05) is 18.2 Å². The smallest absolute Gasteiger partial charge is 0.341 e. The standard InChI is InChI=1S/C28H26N2O2/c31-26-20-12-4-5-14-23(20)28(32-26)18-21(19-10-2-1-3-11-19)22-13-8-9-17-27(22)29-24-15-6-7-16-25(24)30(27)28/h1-7,10-12,14-16,21-22,29H,8-9,13,17-18H2/t21-,22-,27+,28-/m1/s1. The Morgan fingerprint density at radius 1 is 0.906 bits per heavy atom. The first-order valence-corrected chi connectivity index (χ1v) is 11.8. The lowest BCUT2D eigenvalue weighted by Crippen LogP contribution is -2.69. The number of fused-ring (bicyclic) bond motifs is 5.